The predicted octanol–water partition coefficient (Wildman–Crippen LogP) is 2.91. The summed E-state index contributed by atoms with van der Waals surface area (Å²) in [6.45, 7) is 2.42. The molecule has 1 aliphatic carbocycles. The van der Waals surface area contributed by atoms with Crippen molar-refractivity contribution >= 4 is 34.3 Å². The lowest BCUT2D eigenvalue weighted by Crippen LogP contribution is -2.52. The summed E-state index contributed by atoms with van der Waals surface area (Å²) >= 11 is 6.17. The van der Waals surface area contributed by atoms with E-state index in [-0.39, 0.29) is 17.7 Å². The lowest BCUT2D eigenvalue weighted by Gasteiger charge is -2.38. The minimum Gasteiger partial charge on any atom is -0.350 e. The molecule has 1 aromatic carbocycles. The SMILES string of the molecule is O=C(c1cc2c(Cl)cccc2[nH]1)N1CCN(C(=O)C2CCC2)CC1. The van der Waals surface area contributed by atoms with Crippen molar-refractivity contribution < 1.29 is 9.59 Å². The van der Waals surface area contributed by atoms with Crippen LogP contribution in [0.25, 0.3) is 10.9 Å². The third kappa shape index (κ3) is 2.67. The first-order valence-electron chi connectivity index (χ1n) is 8.49. The smallest absolute Gasteiger partial charge is 0.270 e. The standard InChI is InChI=1S/C18H20ClN3O2/c19-14-5-2-6-15-13(14)11-16(20-15)18(24)22-9-7-21(8-10-22)17(23)12-3-1-4-12/h2,5-6,11-12,20H,1,3-4,7-10H2. The Balaban J connectivity index is 1.43. The largest absolute Gasteiger partial charge is 0.350 e. The zero-order valence-electron chi connectivity index (χ0n) is 13.4. The average molecular weight is 346 g/mol. The van der Waals surface area contributed by atoms with E-state index in [4.69, 9.17) is 11.6 Å². The second kappa shape index (κ2) is 6.13. The molecule has 2 aromatic rings. The van der Waals surface area contributed by atoms with Gasteiger partial charge in [0.05, 0.1) is 0 Å². The van der Waals surface area contributed by atoms with Crippen molar-refractivity contribution in [1.29, 1.82) is 0 Å². The van der Waals surface area contributed by atoms with E-state index in [9.17, 15) is 9.59 Å². The lowest BCUT2D eigenvalue weighted by molar-refractivity contribution is -0.139. The summed E-state index contributed by atoms with van der Waals surface area (Å²) in [5.74, 6) is 0.465. The van der Waals surface area contributed by atoms with Gasteiger partial charge in [-0.3, -0.25) is 9.59 Å². The zero-order valence-corrected chi connectivity index (χ0v) is 14.2. The van der Waals surface area contributed by atoms with Crippen molar-refractivity contribution in [3.63, 3.8) is 0 Å². The molecule has 2 amide bonds. The Morgan fingerprint density at radius 1 is 1.08 bits per heavy atom. The maximum absolute atomic E-state index is 12.7. The van der Waals surface area contributed by atoms with Crippen LogP contribution in [-0.2, 0) is 4.79 Å². The quantitative estimate of drug-likeness (QED) is 0.909. The van der Waals surface area contributed by atoms with Crippen LogP contribution in [0.15, 0.2) is 24.3 Å². The molecule has 0 unspecified atom stereocenters. The summed E-state index contributed by atoms with van der Waals surface area (Å²) < 4.78 is 0. The monoisotopic (exact) mass is 345 g/mol. The molecule has 2 fully saturated rings. The highest BCUT2D eigenvalue weighted by molar-refractivity contribution is 6.35. The number of rotatable bonds is 2. The number of carbonyl (C=O) groups is 2. The number of fused-ring (bicyclic) bond motifs is 1. The fraction of sp³-hybridized carbons (Fsp3) is 0.444. The highest BCUT2D eigenvalue weighted by Crippen LogP contribution is 2.29. The Labute approximate surface area is 145 Å². The van der Waals surface area contributed by atoms with Gasteiger partial charge in [-0.2, -0.15) is 0 Å². The molecular weight excluding hydrogens is 326 g/mol. The van der Waals surface area contributed by atoms with Gasteiger partial charge in [0.15, 0.2) is 0 Å². The Morgan fingerprint density at radius 2 is 1.79 bits per heavy atom. The second-order valence-electron chi connectivity index (χ2n) is 6.63. The number of piperazine rings is 1. The molecule has 24 heavy (non-hydrogen) atoms. The Bertz CT molecular complexity index is 789. The third-order valence-electron chi connectivity index (χ3n) is 5.17. The van der Waals surface area contributed by atoms with Gasteiger partial charge in [-0.1, -0.05) is 24.1 Å². The number of amides is 2. The number of nitrogens with zero attached hydrogens (tertiary/aromatic N) is 2. The zero-order chi connectivity index (χ0) is 16.7. The Morgan fingerprint density at radius 3 is 2.42 bits per heavy atom. The number of nitrogens with one attached hydrogen (secondary N) is 1. The van der Waals surface area contributed by atoms with E-state index < -0.39 is 0 Å². The minimum atomic E-state index is -0.0296. The van der Waals surface area contributed by atoms with E-state index in [0.29, 0.717) is 36.9 Å². The van der Waals surface area contributed by atoms with Gasteiger partial charge in [-0.15, -0.1) is 0 Å². The fourth-order valence-electron chi connectivity index (χ4n) is 3.45. The van der Waals surface area contributed by atoms with Gasteiger partial charge in [0.25, 0.3) is 5.91 Å². The number of aromatic nitrogens is 1. The van der Waals surface area contributed by atoms with E-state index in [1.165, 1.54) is 0 Å². The van der Waals surface area contributed by atoms with Crippen molar-refractivity contribution in [2.75, 3.05) is 26.2 Å². The molecule has 0 radical (unpaired) electrons. The van der Waals surface area contributed by atoms with Crippen LogP contribution in [0.1, 0.15) is 29.8 Å². The average Bonchev–Trinajstić information content (AvgIpc) is 2.98. The van der Waals surface area contributed by atoms with Crippen LogP contribution in [0.2, 0.25) is 5.02 Å². The van der Waals surface area contributed by atoms with Gasteiger partial charge in [-0.25, -0.2) is 0 Å². The van der Waals surface area contributed by atoms with E-state index in [1.807, 2.05) is 34.1 Å². The topological polar surface area (TPSA) is 56.4 Å². The summed E-state index contributed by atoms with van der Waals surface area (Å²) in [5, 5.41) is 1.50. The van der Waals surface area contributed by atoms with Crippen LogP contribution < -0.4 is 0 Å². The summed E-state index contributed by atoms with van der Waals surface area (Å²) in [6.07, 6.45) is 3.21. The number of hydrogen-bond donors (Lipinski definition) is 1. The van der Waals surface area contributed by atoms with E-state index in [2.05, 4.69) is 4.98 Å². The predicted molar refractivity (Wildman–Crippen MR) is 93.1 cm³/mol. The number of hydrogen-bond acceptors (Lipinski definition) is 2. The molecule has 0 bridgehead atoms. The van der Waals surface area contributed by atoms with Gasteiger partial charge in [0.2, 0.25) is 5.91 Å². The van der Waals surface area contributed by atoms with Crippen LogP contribution in [0.3, 0.4) is 0 Å². The highest BCUT2D eigenvalue weighted by atomic mass is 35.5. The van der Waals surface area contributed by atoms with Gasteiger partial charge in [-0.05, 0) is 31.0 Å². The molecule has 2 heterocycles. The maximum atomic E-state index is 12.7. The van der Waals surface area contributed by atoms with E-state index in [1.54, 1.807) is 0 Å². The normalized spacial score (nSPS) is 18.7. The van der Waals surface area contributed by atoms with Gasteiger partial charge >= 0.3 is 0 Å². The molecule has 2 aliphatic rings. The summed E-state index contributed by atoms with van der Waals surface area (Å²) in [4.78, 5) is 31.9. The first-order valence-corrected chi connectivity index (χ1v) is 8.86. The van der Waals surface area contributed by atoms with E-state index in [0.717, 1.165) is 30.2 Å². The molecular formula is C18H20ClN3O2. The van der Waals surface area contributed by atoms with Crippen LogP contribution >= 0.6 is 11.6 Å². The molecule has 6 heteroatoms. The maximum Gasteiger partial charge on any atom is 0.270 e. The second-order valence-corrected chi connectivity index (χ2v) is 7.04. The number of carbonyl (C=O) groups excluding carboxylic acids is 2. The van der Waals surface area contributed by atoms with Crippen molar-refractivity contribution in [3.05, 3.63) is 35.0 Å². The summed E-state index contributed by atoms with van der Waals surface area (Å²) in [6, 6.07) is 7.40. The molecule has 1 saturated heterocycles. The molecule has 1 saturated carbocycles. The molecule has 1 aliphatic heterocycles. The van der Waals surface area contributed by atoms with E-state index >= 15 is 0 Å². The molecule has 1 N–H and O–H groups in total. The van der Waals surface area contributed by atoms with Gasteiger partial charge in [0.1, 0.15) is 5.69 Å². The van der Waals surface area contributed by atoms with Crippen molar-refractivity contribution in [3.8, 4) is 0 Å². The summed E-state index contributed by atoms with van der Waals surface area (Å²) in [5.41, 5.74) is 1.42. The molecule has 126 valence electrons. The fourth-order valence-corrected chi connectivity index (χ4v) is 3.68. The van der Waals surface area contributed by atoms with Crippen LogP contribution in [0, 0.1) is 5.92 Å². The minimum absolute atomic E-state index is 0.0296. The van der Waals surface area contributed by atoms with Crippen molar-refractivity contribution in [2.45, 2.75) is 19.3 Å². The summed E-state index contributed by atoms with van der Waals surface area (Å²) in [7, 11) is 0. The van der Waals surface area contributed by atoms with Gasteiger partial charge < -0.3 is 14.8 Å². The van der Waals surface area contributed by atoms with Crippen molar-refractivity contribution in [2.24, 2.45) is 5.92 Å². The number of H-pyrrole nitrogens is 1. The Hall–Kier alpha value is -2.01. The first kappa shape index (κ1) is 15.5. The molecule has 4 rings (SSSR count). The number of aromatic amines is 1. The third-order valence-corrected chi connectivity index (χ3v) is 5.50. The van der Waals surface area contributed by atoms with Crippen molar-refractivity contribution in [1.82, 2.24) is 14.8 Å². The molecule has 5 nitrogen and oxygen atoms in total. The highest BCUT2D eigenvalue weighted by Gasteiger charge is 2.32. The first-order chi connectivity index (χ1) is 11.6. The van der Waals surface area contributed by atoms with Crippen LogP contribution in [0.5, 0.6) is 0 Å². The molecule has 0 atom stereocenters. The Kier molecular flexibility index (Phi) is 3.96. The number of halogens is 1. The molecule has 1 aromatic heterocycles. The number of benzene rings is 1. The lowest BCUT2D eigenvalue weighted by atomic mass is 9.84. The van der Waals surface area contributed by atoms with Gasteiger partial charge in [0, 0.05) is 48.0 Å². The molecule has 0 spiro atoms. The van der Waals surface area contributed by atoms with Crippen LogP contribution in [0.4, 0.5) is 0 Å². The van der Waals surface area contributed by atoms with Crippen LogP contribution in [-0.4, -0.2) is 52.8 Å².